The number of anilines is 2. The highest BCUT2D eigenvalue weighted by atomic mass is 35.5. The minimum Gasteiger partial charge on any atom is -0.397 e. The Bertz CT molecular complexity index is 572. The molecule has 0 saturated carbocycles. The molecular weight excluding hydrogens is 250 g/mol. The van der Waals surface area contributed by atoms with Crippen molar-refractivity contribution in [2.75, 3.05) is 17.7 Å². The van der Waals surface area contributed by atoms with Gasteiger partial charge in [0, 0.05) is 30.0 Å². The smallest absolute Gasteiger partial charge is 0.258 e. The quantitative estimate of drug-likeness (QED) is 0.846. The SMILES string of the molecule is CN(C(=O)c1ccncc1)c1cc(Cl)ccc1N. The van der Waals surface area contributed by atoms with Crippen LogP contribution in [0.1, 0.15) is 10.4 Å². The molecule has 0 radical (unpaired) electrons. The number of benzene rings is 1. The van der Waals surface area contributed by atoms with Crippen molar-refractivity contribution in [3.8, 4) is 0 Å². The number of hydrogen-bond acceptors (Lipinski definition) is 3. The third-order valence-corrected chi connectivity index (χ3v) is 2.82. The van der Waals surface area contributed by atoms with E-state index in [1.807, 2.05) is 0 Å². The molecule has 1 aromatic carbocycles. The Labute approximate surface area is 110 Å². The summed E-state index contributed by atoms with van der Waals surface area (Å²) in [7, 11) is 1.66. The number of nitrogens with zero attached hydrogens (tertiary/aromatic N) is 2. The maximum atomic E-state index is 12.2. The van der Waals surface area contributed by atoms with Gasteiger partial charge in [0.05, 0.1) is 11.4 Å². The first kappa shape index (κ1) is 12.4. The molecule has 0 bridgehead atoms. The van der Waals surface area contributed by atoms with Crippen molar-refractivity contribution >= 4 is 28.9 Å². The van der Waals surface area contributed by atoms with E-state index in [0.717, 1.165) is 0 Å². The maximum absolute atomic E-state index is 12.2. The van der Waals surface area contributed by atoms with Crippen molar-refractivity contribution < 1.29 is 4.79 Å². The average Bonchev–Trinajstić information content (AvgIpc) is 2.41. The molecular formula is C13H12ClN3O. The molecule has 0 atom stereocenters. The molecule has 1 amide bonds. The second kappa shape index (κ2) is 5.06. The van der Waals surface area contributed by atoms with Crippen molar-refractivity contribution in [3.05, 3.63) is 53.3 Å². The third kappa shape index (κ3) is 2.43. The van der Waals surface area contributed by atoms with Gasteiger partial charge < -0.3 is 10.6 Å². The van der Waals surface area contributed by atoms with Crippen LogP contribution in [0.4, 0.5) is 11.4 Å². The van der Waals surface area contributed by atoms with Gasteiger partial charge in [-0.15, -0.1) is 0 Å². The zero-order chi connectivity index (χ0) is 13.1. The topological polar surface area (TPSA) is 59.2 Å². The van der Waals surface area contributed by atoms with E-state index in [1.54, 1.807) is 49.8 Å². The Hall–Kier alpha value is -2.07. The van der Waals surface area contributed by atoms with Crippen LogP contribution < -0.4 is 10.6 Å². The van der Waals surface area contributed by atoms with E-state index >= 15 is 0 Å². The van der Waals surface area contributed by atoms with Crippen molar-refractivity contribution in [3.63, 3.8) is 0 Å². The summed E-state index contributed by atoms with van der Waals surface area (Å²) in [5.74, 6) is -0.161. The number of carbonyl (C=O) groups is 1. The molecule has 0 fully saturated rings. The number of nitrogens with two attached hydrogens (primary N) is 1. The minimum absolute atomic E-state index is 0.161. The number of carbonyl (C=O) groups excluding carboxylic acids is 1. The second-order valence-electron chi connectivity index (χ2n) is 3.80. The van der Waals surface area contributed by atoms with E-state index in [0.29, 0.717) is 22.0 Å². The Morgan fingerprint density at radius 2 is 1.94 bits per heavy atom. The number of amides is 1. The van der Waals surface area contributed by atoms with Crippen molar-refractivity contribution in [1.29, 1.82) is 0 Å². The van der Waals surface area contributed by atoms with Gasteiger partial charge in [0.15, 0.2) is 0 Å². The van der Waals surface area contributed by atoms with Gasteiger partial charge in [0.1, 0.15) is 0 Å². The molecule has 0 saturated heterocycles. The molecule has 92 valence electrons. The van der Waals surface area contributed by atoms with Crippen LogP contribution in [0.25, 0.3) is 0 Å². The monoisotopic (exact) mass is 261 g/mol. The van der Waals surface area contributed by atoms with Crippen molar-refractivity contribution in [2.45, 2.75) is 0 Å². The molecule has 1 aromatic heterocycles. The molecule has 0 aliphatic carbocycles. The predicted octanol–water partition coefficient (Wildman–Crippen LogP) is 2.59. The van der Waals surface area contributed by atoms with Crippen LogP contribution in [0, 0.1) is 0 Å². The van der Waals surface area contributed by atoms with E-state index in [2.05, 4.69) is 4.98 Å². The molecule has 18 heavy (non-hydrogen) atoms. The van der Waals surface area contributed by atoms with Gasteiger partial charge in [-0.1, -0.05) is 11.6 Å². The Morgan fingerprint density at radius 1 is 1.28 bits per heavy atom. The highest BCUT2D eigenvalue weighted by Gasteiger charge is 2.15. The normalized spacial score (nSPS) is 10.1. The van der Waals surface area contributed by atoms with Crippen LogP contribution in [0.15, 0.2) is 42.7 Å². The summed E-state index contributed by atoms with van der Waals surface area (Å²) in [6.07, 6.45) is 3.14. The van der Waals surface area contributed by atoms with E-state index in [4.69, 9.17) is 17.3 Å². The second-order valence-corrected chi connectivity index (χ2v) is 4.24. The summed E-state index contributed by atoms with van der Waals surface area (Å²) < 4.78 is 0. The summed E-state index contributed by atoms with van der Waals surface area (Å²) in [5, 5.41) is 0.536. The van der Waals surface area contributed by atoms with E-state index in [9.17, 15) is 4.79 Å². The summed E-state index contributed by atoms with van der Waals surface area (Å²) in [5.41, 5.74) is 7.48. The molecule has 2 rings (SSSR count). The third-order valence-electron chi connectivity index (χ3n) is 2.59. The molecule has 2 N–H and O–H groups in total. The van der Waals surface area contributed by atoms with Crippen molar-refractivity contribution in [1.82, 2.24) is 4.98 Å². The number of hydrogen-bond donors (Lipinski definition) is 1. The number of pyridine rings is 1. The van der Waals surface area contributed by atoms with Gasteiger partial charge >= 0.3 is 0 Å². The van der Waals surface area contributed by atoms with Gasteiger partial charge in [0.2, 0.25) is 0 Å². The highest BCUT2D eigenvalue weighted by Crippen LogP contribution is 2.27. The zero-order valence-electron chi connectivity index (χ0n) is 9.80. The predicted molar refractivity (Wildman–Crippen MR) is 72.8 cm³/mol. The summed E-state index contributed by atoms with van der Waals surface area (Å²) in [4.78, 5) is 17.6. The molecule has 0 aliphatic rings. The standard InChI is InChI=1S/C13H12ClN3O/c1-17(12-8-10(14)2-3-11(12)15)13(18)9-4-6-16-7-5-9/h2-8H,15H2,1H3. The van der Waals surface area contributed by atoms with Crippen LogP contribution in [-0.2, 0) is 0 Å². The fraction of sp³-hybridized carbons (Fsp3) is 0.0769. The fourth-order valence-corrected chi connectivity index (χ4v) is 1.77. The van der Waals surface area contributed by atoms with Gasteiger partial charge in [-0.25, -0.2) is 0 Å². The average molecular weight is 262 g/mol. The van der Waals surface area contributed by atoms with Gasteiger partial charge in [-0.05, 0) is 30.3 Å². The molecule has 0 unspecified atom stereocenters. The number of halogens is 1. The molecule has 5 heteroatoms. The first-order chi connectivity index (χ1) is 8.59. The summed E-state index contributed by atoms with van der Waals surface area (Å²) >= 11 is 5.91. The lowest BCUT2D eigenvalue weighted by Crippen LogP contribution is -2.27. The van der Waals surface area contributed by atoms with Crippen LogP contribution in [0.3, 0.4) is 0 Å². The maximum Gasteiger partial charge on any atom is 0.258 e. The molecule has 0 aliphatic heterocycles. The Balaban J connectivity index is 2.34. The lowest BCUT2D eigenvalue weighted by atomic mass is 10.2. The lowest BCUT2D eigenvalue weighted by molar-refractivity contribution is 0.0993. The Kier molecular flexibility index (Phi) is 3.48. The van der Waals surface area contributed by atoms with Crippen LogP contribution >= 0.6 is 11.6 Å². The van der Waals surface area contributed by atoms with Crippen LogP contribution in [0.2, 0.25) is 5.02 Å². The molecule has 1 heterocycles. The van der Waals surface area contributed by atoms with E-state index in [1.165, 1.54) is 4.90 Å². The van der Waals surface area contributed by atoms with Crippen LogP contribution in [0.5, 0.6) is 0 Å². The van der Waals surface area contributed by atoms with Gasteiger partial charge in [0.25, 0.3) is 5.91 Å². The first-order valence-electron chi connectivity index (χ1n) is 5.32. The lowest BCUT2D eigenvalue weighted by Gasteiger charge is -2.19. The minimum atomic E-state index is -0.161. The number of nitrogen functional groups attached to an aromatic ring is 1. The summed E-state index contributed by atoms with van der Waals surface area (Å²) in [6, 6.07) is 8.33. The van der Waals surface area contributed by atoms with E-state index in [-0.39, 0.29) is 5.91 Å². The van der Waals surface area contributed by atoms with Crippen LogP contribution in [-0.4, -0.2) is 17.9 Å². The largest absolute Gasteiger partial charge is 0.397 e. The zero-order valence-corrected chi connectivity index (χ0v) is 10.6. The van der Waals surface area contributed by atoms with E-state index < -0.39 is 0 Å². The number of rotatable bonds is 2. The molecule has 4 nitrogen and oxygen atoms in total. The number of aromatic nitrogens is 1. The van der Waals surface area contributed by atoms with Gasteiger partial charge in [-0.3, -0.25) is 9.78 Å². The molecule has 2 aromatic rings. The fourth-order valence-electron chi connectivity index (χ4n) is 1.60. The van der Waals surface area contributed by atoms with Gasteiger partial charge in [-0.2, -0.15) is 0 Å². The Morgan fingerprint density at radius 3 is 2.61 bits per heavy atom. The highest BCUT2D eigenvalue weighted by molar-refractivity contribution is 6.31. The van der Waals surface area contributed by atoms with Crippen molar-refractivity contribution in [2.24, 2.45) is 0 Å². The summed E-state index contributed by atoms with van der Waals surface area (Å²) in [6.45, 7) is 0. The molecule has 0 spiro atoms. The first-order valence-corrected chi connectivity index (χ1v) is 5.70.